The molecule has 1 aromatic heterocycles. The number of allylic oxidation sites excluding steroid dienone is 1. The average Bonchev–Trinajstić information content (AvgIpc) is 2.50. The molecular formula is C15H15N3O3. The van der Waals surface area contributed by atoms with Crippen molar-refractivity contribution in [2.24, 2.45) is 0 Å². The molecule has 0 radical (unpaired) electrons. The van der Waals surface area contributed by atoms with E-state index < -0.39 is 5.69 Å². The first kappa shape index (κ1) is 14.7. The highest BCUT2D eigenvalue weighted by Crippen LogP contribution is 2.04. The van der Waals surface area contributed by atoms with Gasteiger partial charge < -0.3 is 10.4 Å². The van der Waals surface area contributed by atoms with Gasteiger partial charge in [0.05, 0.1) is 6.61 Å². The van der Waals surface area contributed by atoms with E-state index in [-0.39, 0.29) is 18.3 Å². The van der Waals surface area contributed by atoms with E-state index in [1.165, 1.54) is 16.8 Å². The predicted octanol–water partition coefficient (Wildman–Crippen LogP) is 1.04. The van der Waals surface area contributed by atoms with Gasteiger partial charge in [-0.2, -0.15) is 4.98 Å². The second-order valence-electron chi connectivity index (χ2n) is 4.22. The number of carbonyl (C=O) groups excluding carboxylic acids is 1. The molecule has 0 bridgehead atoms. The van der Waals surface area contributed by atoms with Gasteiger partial charge in [0.2, 0.25) is 0 Å². The van der Waals surface area contributed by atoms with Crippen molar-refractivity contribution < 1.29 is 9.90 Å². The standard InChI is InChI=1S/C15H15N3O3/c19-11-5-4-9-18-10-8-13(17-15(18)21)16-14(20)12-6-2-1-3-7-12/h1-8,10,19H,9,11H2,(H,16,17,20,21)/b5-4-. The van der Waals surface area contributed by atoms with E-state index in [1.54, 1.807) is 36.4 Å². The lowest BCUT2D eigenvalue weighted by Gasteiger charge is -2.06. The second kappa shape index (κ2) is 7.16. The van der Waals surface area contributed by atoms with Gasteiger partial charge in [0.25, 0.3) is 5.91 Å². The van der Waals surface area contributed by atoms with Crippen molar-refractivity contribution in [3.8, 4) is 0 Å². The highest BCUT2D eigenvalue weighted by atomic mass is 16.2. The van der Waals surface area contributed by atoms with Crippen LogP contribution in [0.5, 0.6) is 0 Å². The van der Waals surface area contributed by atoms with Crippen LogP contribution in [0.15, 0.2) is 59.5 Å². The quantitative estimate of drug-likeness (QED) is 0.804. The number of rotatable bonds is 5. The highest BCUT2D eigenvalue weighted by Gasteiger charge is 2.06. The third-order valence-electron chi connectivity index (χ3n) is 2.73. The number of benzene rings is 1. The Balaban J connectivity index is 2.08. The Kier molecular flexibility index (Phi) is 5.00. The lowest BCUT2D eigenvalue weighted by atomic mass is 10.2. The van der Waals surface area contributed by atoms with E-state index in [9.17, 15) is 9.59 Å². The van der Waals surface area contributed by atoms with Gasteiger partial charge in [-0.15, -0.1) is 0 Å². The molecule has 0 aliphatic carbocycles. The monoisotopic (exact) mass is 285 g/mol. The minimum Gasteiger partial charge on any atom is -0.392 e. The zero-order chi connectivity index (χ0) is 15.1. The van der Waals surface area contributed by atoms with Crippen LogP contribution in [0.1, 0.15) is 10.4 Å². The summed E-state index contributed by atoms with van der Waals surface area (Å²) in [6, 6.07) is 10.2. The van der Waals surface area contributed by atoms with Crippen molar-refractivity contribution in [3.63, 3.8) is 0 Å². The Morgan fingerprint density at radius 3 is 2.67 bits per heavy atom. The molecule has 1 amide bonds. The number of aliphatic hydroxyl groups excluding tert-OH is 1. The Bertz CT molecular complexity index is 693. The van der Waals surface area contributed by atoms with E-state index in [1.807, 2.05) is 6.07 Å². The number of hydrogen-bond donors (Lipinski definition) is 2. The van der Waals surface area contributed by atoms with Crippen LogP contribution in [0, 0.1) is 0 Å². The second-order valence-corrected chi connectivity index (χ2v) is 4.22. The molecule has 0 unspecified atom stereocenters. The van der Waals surface area contributed by atoms with Crippen LogP contribution < -0.4 is 11.0 Å². The van der Waals surface area contributed by atoms with Crippen LogP contribution in [0.25, 0.3) is 0 Å². The van der Waals surface area contributed by atoms with Gasteiger partial charge in [-0.05, 0) is 18.2 Å². The van der Waals surface area contributed by atoms with Crippen molar-refractivity contribution >= 4 is 11.7 Å². The van der Waals surface area contributed by atoms with Crippen LogP contribution in [0.3, 0.4) is 0 Å². The number of hydrogen-bond acceptors (Lipinski definition) is 4. The van der Waals surface area contributed by atoms with Gasteiger partial charge in [-0.3, -0.25) is 9.36 Å². The molecule has 108 valence electrons. The number of aromatic nitrogens is 2. The fourth-order valence-electron chi connectivity index (χ4n) is 1.68. The smallest absolute Gasteiger partial charge is 0.349 e. The predicted molar refractivity (Wildman–Crippen MR) is 79.1 cm³/mol. The summed E-state index contributed by atoms with van der Waals surface area (Å²) in [6.07, 6.45) is 4.74. The topological polar surface area (TPSA) is 84.2 Å². The van der Waals surface area contributed by atoms with E-state index in [4.69, 9.17) is 5.11 Å². The van der Waals surface area contributed by atoms with Crippen molar-refractivity contribution in [2.75, 3.05) is 11.9 Å². The maximum Gasteiger partial charge on any atom is 0.349 e. The zero-order valence-corrected chi connectivity index (χ0v) is 11.3. The molecule has 0 aliphatic rings. The molecular weight excluding hydrogens is 270 g/mol. The van der Waals surface area contributed by atoms with Gasteiger partial charge in [-0.1, -0.05) is 30.4 Å². The summed E-state index contributed by atoms with van der Waals surface area (Å²) in [5.41, 5.74) is 0.0257. The van der Waals surface area contributed by atoms with E-state index in [0.29, 0.717) is 12.1 Å². The normalized spacial score (nSPS) is 10.7. The Labute approximate surface area is 121 Å². The average molecular weight is 285 g/mol. The van der Waals surface area contributed by atoms with Gasteiger partial charge >= 0.3 is 5.69 Å². The maximum absolute atomic E-state index is 11.9. The van der Waals surface area contributed by atoms with Gasteiger partial charge in [0.15, 0.2) is 0 Å². The van der Waals surface area contributed by atoms with E-state index in [0.717, 1.165) is 0 Å². The summed E-state index contributed by atoms with van der Waals surface area (Å²) in [6.45, 7) is 0.243. The third kappa shape index (κ3) is 4.12. The van der Waals surface area contributed by atoms with E-state index >= 15 is 0 Å². The number of nitrogens with zero attached hydrogens (tertiary/aromatic N) is 2. The summed E-state index contributed by atoms with van der Waals surface area (Å²) < 4.78 is 1.37. The molecule has 0 fully saturated rings. The van der Waals surface area contributed by atoms with E-state index in [2.05, 4.69) is 10.3 Å². The molecule has 2 aromatic rings. The van der Waals surface area contributed by atoms with Crippen LogP contribution in [-0.4, -0.2) is 27.2 Å². The summed E-state index contributed by atoms with van der Waals surface area (Å²) in [5.74, 6) is -0.114. The molecule has 0 saturated heterocycles. The molecule has 6 heteroatoms. The fourth-order valence-corrected chi connectivity index (χ4v) is 1.68. The molecule has 0 aliphatic heterocycles. The molecule has 0 spiro atoms. The lowest BCUT2D eigenvalue weighted by Crippen LogP contribution is -2.24. The largest absolute Gasteiger partial charge is 0.392 e. The minimum atomic E-state index is -0.469. The van der Waals surface area contributed by atoms with Crippen LogP contribution in [0.4, 0.5) is 5.82 Å². The molecule has 21 heavy (non-hydrogen) atoms. The van der Waals surface area contributed by atoms with Gasteiger partial charge in [0.1, 0.15) is 5.82 Å². The molecule has 2 rings (SSSR count). The van der Waals surface area contributed by atoms with Gasteiger partial charge in [-0.25, -0.2) is 4.79 Å². The first-order valence-corrected chi connectivity index (χ1v) is 6.40. The first-order valence-electron chi connectivity index (χ1n) is 6.40. The Morgan fingerprint density at radius 1 is 1.24 bits per heavy atom. The minimum absolute atomic E-state index is 0.0760. The number of amides is 1. The van der Waals surface area contributed by atoms with Crippen molar-refractivity contribution in [2.45, 2.75) is 6.54 Å². The first-order chi connectivity index (χ1) is 10.2. The van der Waals surface area contributed by atoms with Crippen molar-refractivity contribution in [1.82, 2.24) is 9.55 Å². The van der Waals surface area contributed by atoms with Crippen molar-refractivity contribution in [3.05, 3.63) is 70.8 Å². The summed E-state index contributed by atoms with van der Waals surface area (Å²) in [4.78, 5) is 27.5. The molecule has 6 nitrogen and oxygen atoms in total. The summed E-state index contributed by atoms with van der Waals surface area (Å²) in [7, 11) is 0. The SMILES string of the molecule is O=C(Nc1ccn(C/C=C\CO)c(=O)n1)c1ccccc1. The highest BCUT2D eigenvalue weighted by molar-refractivity contribution is 6.03. The third-order valence-corrected chi connectivity index (χ3v) is 2.73. The molecule has 0 atom stereocenters. The van der Waals surface area contributed by atoms with Crippen LogP contribution in [0.2, 0.25) is 0 Å². The maximum atomic E-state index is 11.9. The number of carbonyl (C=O) groups is 1. The van der Waals surface area contributed by atoms with Crippen molar-refractivity contribution in [1.29, 1.82) is 0 Å². The number of aliphatic hydroxyl groups is 1. The summed E-state index contributed by atoms with van der Waals surface area (Å²) in [5, 5.41) is 11.2. The van der Waals surface area contributed by atoms with Gasteiger partial charge in [0, 0.05) is 18.3 Å². The van der Waals surface area contributed by atoms with Crippen LogP contribution in [-0.2, 0) is 6.54 Å². The Morgan fingerprint density at radius 2 is 2.00 bits per heavy atom. The summed E-state index contributed by atoms with van der Waals surface area (Å²) >= 11 is 0. The number of nitrogens with one attached hydrogen (secondary N) is 1. The zero-order valence-electron chi connectivity index (χ0n) is 11.3. The molecule has 1 aromatic carbocycles. The molecule has 2 N–H and O–H groups in total. The molecule has 0 saturated carbocycles. The fraction of sp³-hybridized carbons (Fsp3) is 0.133. The molecule has 1 heterocycles. The van der Waals surface area contributed by atoms with Crippen LogP contribution >= 0.6 is 0 Å². The Hall–Kier alpha value is -2.73. The lowest BCUT2D eigenvalue weighted by molar-refractivity contribution is 0.102. The number of anilines is 1.